The topological polar surface area (TPSA) is 43.3 Å². The van der Waals surface area contributed by atoms with E-state index in [1.807, 2.05) is 6.20 Å². The van der Waals surface area contributed by atoms with E-state index in [-0.39, 0.29) is 0 Å². The number of hydrogen-bond acceptors (Lipinski definition) is 4. The van der Waals surface area contributed by atoms with Crippen LogP contribution in [0, 0.1) is 0 Å². The minimum Gasteiger partial charge on any atom is -0.369 e. The van der Waals surface area contributed by atoms with E-state index in [0.717, 1.165) is 31.2 Å². The highest BCUT2D eigenvalue weighted by Gasteiger charge is 2.28. The third-order valence-electron chi connectivity index (χ3n) is 8.71. The Morgan fingerprint density at radius 3 is 2.47 bits per heavy atom. The second-order valence-electron chi connectivity index (χ2n) is 11.0. The third kappa shape index (κ3) is 4.10. The number of H-pyrrole nitrogens is 1. The normalized spacial score (nSPS) is 18.8. The van der Waals surface area contributed by atoms with Crippen LogP contribution in [0.2, 0.25) is 0 Å². The molecule has 0 spiro atoms. The minimum absolute atomic E-state index is 0.678. The molecule has 6 heteroatoms. The lowest BCUT2D eigenvalue weighted by molar-refractivity contribution is 0.0883. The average molecular weight is 485 g/mol. The van der Waals surface area contributed by atoms with Crippen molar-refractivity contribution in [2.24, 2.45) is 7.05 Å². The third-order valence-corrected chi connectivity index (χ3v) is 8.71. The van der Waals surface area contributed by atoms with E-state index in [4.69, 9.17) is 0 Å². The van der Waals surface area contributed by atoms with Crippen molar-refractivity contribution in [3.63, 3.8) is 0 Å². The lowest BCUT2D eigenvalue weighted by Crippen LogP contribution is -2.53. The van der Waals surface area contributed by atoms with Crippen molar-refractivity contribution < 1.29 is 0 Å². The average Bonchev–Trinajstić information content (AvgIpc) is 3.48. The highest BCUT2D eigenvalue weighted by Crippen LogP contribution is 2.36. The van der Waals surface area contributed by atoms with Crippen molar-refractivity contribution in [1.82, 2.24) is 24.3 Å². The molecule has 0 saturated carbocycles. The zero-order valence-corrected chi connectivity index (χ0v) is 22.3. The molecule has 2 saturated heterocycles. The highest BCUT2D eigenvalue weighted by atomic mass is 15.3. The second-order valence-corrected chi connectivity index (χ2v) is 11.0. The number of nitrogens with zero attached hydrogens (tertiary/aromatic N) is 5. The number of fused-ring (bicyclic) bond motifs is 2. The van der Waals surface area contributed by atoms with Crippen LogP contribution in [0.4, 0.5) is 5.69 Å². The summed E-state index contributed by atoms with van der Waals surface area (Å²) >= 11 is 0. The predicted octanol–water partition coefficient (Wildman–Crippen LogP) is 5.28. The van der Waals surface area contributed by atoms with Crippen molar-refractivity contribution in [1.29, 1.82) is 0 Å². The van der Waals surface area contributed by atoms with Crippen LogP contribution in [0.3, 0.4) is 0 Å². The predicted molar refractivity (Wildman–Crippen MR) is 151 cm³/mol. The van der Waals surface area contributed by atoms with E-state index in [1.165, 1.54) is 77.8 Å². The number of rotatable bonds is 5. The number of hydrogen-bond donors (Lipinski definition) is 1. The van der Waals surface area contributed by atoms with Gasteiger partial charge in [0.2, 0.25) is 0 Å². The summed E-state index contributed by atoms with van der Waals surface area (Å²) in [6.07, 6.45) is 7.67. The molecule has 0 aliphatic carbocycles. The summed E-state index contributed by atoms with van der Waals surface area (Å²) in [6.45, 7) is 14.0. The van der Waals surface area contributed by atoms with Gasteiger partial charge < -0.3 is 19.4 Å². The first-order valence-electron chi connectivity index (χ1n) is 13.8. The molecule has 4 aromatic rings. The fourth-order valence-electron chi connectivity index (χ4n) is 6.52. The lowest BCUT2D eigenvalue weighted by atomic mass is 10.0. The lowest BCUT2D eigenvalue weighted by Gasteiger charge is -2.44. The van der Waals surface area contributed by atoms with Gasteiger partial charge in [-0.3, -0.25) is 4.90 Å². The number of pyridine rings is 1. The van der Waals surface area contributed by atoms with E-state index in [2.05, 4.69) is 93.6 Å². The van der Waals surface area contributed by atoms with Gasteiger partial charge in [0.25, 0.3) is 0 Å². The number of aryl methyl sites for hydroxylation is 2. The van der Waals surface area contributed by atoms with Gasteiger partial charge >= 0.3 is 0 Å². The van der Waals surface area contributed by atoms with Gasteiger partial charge in [-0.1, -0.05) is 6.92 Å². The maximum atomic E-state index is 4.60. The molecule has 6 rings (SSSR count). The van der Waals surface area contributed by atoms with Crippen LogP contribution in [0.15, 0.2) is 42.7 Å². The van der Waals surface area contributed by atoms with Gasteiger partial charge in [-0.05, 0) is 82.1 Å². The molecule has 0 unspecified atom stereocenters. The summed E-state index contributed by atoms with van der Waals surface area (Å²) in [6, 6.07) is 12.8. The summed E-state index contributed by atoms with van der Waals surface area (Å²) in [5.41, 5.74) is 7.49. The number of anilines is 1. The molecule has 6 nitrogen and oxygen atoms in total. The van der Waals surface area contributed by atoms with Crippen LogP contribution in [0.1, 0.15) is 39.2 Å². The van der Waals surface area contributed by atoms with Gasteiger partial charge in [0.05, 0.1) is 5.69 Å². The molecule has 1 aromatic carbocycles. The first-order chi connectivity index (χ1) is 17.5. The van der Waals surface area contributed by atoms with E-state index >= 15 is 0 Å². The molecule has 36 heavy (non-hydrogen) atoms. The summed E-state index contributed by atoms with van der Waals surface area (Å²) in [7, 11) is 2.06. The number of piperidine rings is 1. The zero-order valence-electron chi connectivity index (χ0n) is 22.3. The van der Waals surface area contributed by atoms with Crippen molar-refractivity contribution in [3.8, 4) is 11.3 Å². The van der Waals surface area contributed by atoms with Crippen LogP contribution < -0.4 is 4.90 Å². The Hall–Kier alpha value is -2.83. The molecule has 5 heterocycles. The molecule has 0 atom stereocenters. The Labute approximate surface area is 214 Å². The summed E-state index contributed by atoms with van der Waals surface area (Å²) in [5.74, 6) is 0. The SMILES string of the molecule is CCc1c(-c2ccnc3c2ccn3C)[nH]c2ccc(N3CCN(C4CCN(C(C)C)CC4)CC3)cc12. The van der Waals surface area contributed by atoms with Crippen molar-refractivity contribution in [3.05, 3.63) is 48.3 Å². The molecular formula is C30H40N6. The second kappa shape index (κ2) is 9.56. The Bertz CT molecular complexity index is 1350. The quantitative estimate of drug-likeness (QED) is 0.419. The Balaban J connectivity index is 1.22. The van der Waals surface area contributed by atoms with Crippen LogP contribution in [0.5, 0.6) is 0 Å². The summed E-state index contributed by atoms with van der Waals surface area (Å²) in [4.78, 5) is 16.3. The largest absolute Gasteiger partial charge is 0.369 e. The van der Waals surface area contributed by atoms with Gasteiger partial charge in [-0.2, -0.15) is 0 Å². The summed E-state index contributed by atoms with van der Waals surface area (Å²) < 4.78 is 2.10. The first-order valence-corrected chi connectivity index (χ1v) is 13.8. The number of aromatic amines is 1. The van der Waals surface area contributed by atoms with Gasteiger partial charge in [-0.15, -0.1) is 0 Å². The maximum Gasteiger partial charge on any atom is 0.140 e. The zero-order chi connectivity index (χ0) is 24.8. The van der Waals surface area contributed by atoms with E-state index in [0.29, 0.717) is 6.04 Å². The molecule has 0 amide bonds. The van der Waals surface area contributed by atoms with Gasteiger partial charge in [0.1, 0.15) is 5.65 Å². The van der Waals surface area contributed by atoms with E-state index in [1.54, 1.807) is 0 Å². The standard InChI is InChI=1S/C30H40N6/c1-5-24-27-20-23(36-18-16-35(17-19-36)22-9-14-34(15-10-22)21(2)3)6-7-28(27)32-29(24)25-8-12-31-30-26(25)11-13-33(30)4/h6-8,11-13,20-22,32H,5,9-10,14-19H2,1-4H3. The van der Waals surface area contributed by atoms with Crippen LogP contribution >= 0.6 is 0 Å². The molecule has 2 aliphatic rings. The molecule has 2 aliphatic heterocycles. The fourth-order valence-corrected chi connectivity index (χ4v) is 6.52. The molecule has 190 valence electrons. The maximum absolute atomic E-state index is 4.60. The van der Waals surface area contributed by atoms with Crippen LogP contribution in [0.25, 0.3) is 33.2 Å². The molecular weight excluding hydrogens is 444 g/mol. The van der Waals surface area contributed by atoms with Gasteiger partial charge in [0.15, 0.2) is 0 Å². The molecule has 0 radical (unpaired) electrons. The summed E-state index contributed by atoms with van der Waals surface area (Å²) in [5, 5.41) is 2.56. The number of nitrogens with one attached hydrogen (secondary N) is 1. The van der Waals surface area contributed by atoms with Crippen LogP contribution in [-0.4, -0.2) is 75.7 Å². The van der Waals surface area contributed by atoms with E-state index < -0.39 is 0 Å². The Kier molecular flexibility index (Phi) is 6.26. The van der Waals surface area contributed by atoms with Crippen molar-refractivity contribution >= 4 is 27.6 Å². The van der Waals surface area contributed by atoms with Gasteiger partial charge in [-0.25, -0.2) is 4.98 Å². The molecule has 1 N–H and O–H groups in total. The van der Waals surface area contributed by atoms with Gasteiger partial charge in [0, 0.05) is 85.2 Å². The molecule has 0 bridgehead atoms. The van der Waals surface area contributed by atoms with Crippen molar-refractivity contribution in [2.75, 3.05) is 44.2 Å². The number of benzene rings is 1. The minimum atomic E-state index is 0.678. The van der Waals surface area contributed by atoms with Crippen LogP contribution in [-0.2, 0) is 13.5 Å². The number of aromatic nitrogens is 3. The highest BCUT2D eigenvalue weighted by molar-refractivity contribution is 5.99. The van der Waals surface area contributed by atoms with Crippen molar-refractivity contribution in [2.45, 2.75) is 52.1 Å². The number of likely N-dealkylation sites (tertiary alicyclic amines) is 1. The Morgan fingerprint density at radius 2 is 1.75 bits per heavy atom. The Morgan fingerprint density at radius 1 is 0.972 bits per heavy atom. The van der Waals surface area contributed by atoms with E-state index in [9.17, 15) is 0 Å². The molecule has 3 aromatic heterocycles. The number of piperazine rings is 1. The fraction of sp³-hybridized carbons (Fsp3) is 0.500. The smallest absolute Gasteiger partial charge is 0.140 e. The first kappa shape index (κ1) is 23.6. The monoisotopic (exact) mass is 484 g/mol. The molecule has 2 fully saturated rings.